The number of ether oxygens (including phenoxy) is 4. The average molecular weight is 206 g/mol. The largest absolute Gasteiger partial charge is 0.394 e. The predicted molar refractivity (Wildman–Crippen MR) is 43.4 cm³/mol. The molecule has 0 saturated carbocycles. The molecule has 0 aromatic carbocycles. The SMILES string of the molecule is OC[C@@H]1OCO[C@H]2[C@@H]1OCO[C@H]2CO. The lowest BCUT2D eigenvalue weighted by atomic mass is 10.0. The summed E-state index contributed by atoms with van der Waals surface area (Å²) in [6.45, 7) is -0.0590. The van der Waals surface area contributed by atoms with Crippen LogP contribution in [0, 0.1) is 0 Å². The molecule has 14 heavy (non-hydrogen) atoms. The van der Waals surface area contributed by atoms with E-state index >= 15 is 0 Å². The van der Waals surface area contributed by atoms with E-state index in [-0.39, 0.29) is 39.0 Å². The molecule has 82 valence electrons. The Labute approximate surface area is 81.3 Å². The fourth-order valence-corrected chi connectivity index (χ4v) is 1.74. The minimum absolute atomic E-state index is 0.0929. The summed E-state index contributed by atoms with van der Waals surface area (Å²) in [6, 6.07) is 0. The molecule has 0 spiro atoms. The molecule has 0 unspecified atom stereocenters. The van der Waals surface area contributed by atoms with E-state index in [1.54, 1.807) is 0 Å². The minimum atomic E-state index is -0.397. The first-order valence-electron chi connectivity index (χ1n) is 4.55. The van der Waals surface area contributed by atoms with Crippen LogP contribution in [0.4, 0.5) is 0 Å². The summed E-state index contributed by atoms with van der Waals surface area (Å²) in [4.78, 5) is 0. The molecule has 0 aromatic rings. The monoisotopic (exact) mass is 206 g/mol. The second-order valence-electron chi connectivity index (χ2n) is 3.27. The topological polar surface area (TPSA) is 77.4 Å². The number of hydrogen-bond acceptors (Lipinski definition) is 6. The van der Waals surface area contributed by atoms with Gasteiger partial charge in [-0.3, -0.25) is 0 Å². The summed E-state index contributed by atoms with van der Waals surface area (Å²) in [7, 11) is 0. The Balaban J connectivity index is 2.04. The number of aliphatic hydroxyl groups excluding tert-OH is 2. The Kier molecular flexibility index (Phi) is 3.32. The average Bonchev–Trinajstić information content (AvgIpc) is 2.27. The molecular formula is C8H14O6. The van der Waals surface area contributed by atoms with Crippen molar-refractivity contribution < 1.29 is 29.2 Å². The van der Waals surface area contributed by atoms with Crippen molar-refractivity contribution in [1.82, 2.24) is 0 Å². The van der Waals surface area contributed by atoms with Gasteiger partial charge in [0.2, 0.25) is 0 Å². The highest BCUT2D eigenvalue weighted by molar-refractivity contribution is 4.88. The Morgan fingerprint density at radius 3 is 1.57 bits per heavy atom. The summed E-state index contributed by atoms with van der Waals surface area (Å²) in [5, 5.41) is 18.1. The standard InChI is InChI=1S/C8H14O6/c9-1-5-7-8(14-3-11-5)6(2-10)12-4-13-7/h5-10H,1-4H2/t5-,6-,7+,8+/m0/s1. The Hall–Kier alpha value is -0.240. The lowest BCUT2D eigenvalue weighted by molar-refractivity contribution is -0.328. The van der Waals surface area contributed by atoms with Crippen LogP contribution in [0.3, 0.4) is 0 Å². The zero-order valence-electron chi connectivity index (χ0n) is 7.67. The van der Waals surface area contributed by atoms with Crippen LogP contribution < -0.4 is 0 Å². The summed E-state index contributed by atoms with van der Waals surface area (Å²) < 4.78 is 20.9. The molecule has 2 rings (SSSR count). The highest BCUT2D eigenvalue weighted by atomic mass is 16.8. The first kappa shape index (κ1) is 10.3. The Morgan fingerprint density at radius 1 is 0.786 bits per heavy atom. The molecule has 0 radical (unpaired) electrons. The van der Waals surface area contributed by atoms with Crippen LogP contribution in [0.1, 0.15) is 0 Å². The van der Waals surface area contributed by atoms with Crippen molar-refractivity contribution in [3.05, 3.63) is 0 Å². The van der Waals surface area contributed by atoms with Gasteiger partial charge in [0, 0.05) is 0 Å². The van der Waals surface area contributed by atoms with E-state index < -0.39 is 12.2 Å². The van der Waals surface area contributed by atoms with Crippen molar-refractivity contribution in [2.75, 3.05) is 26.8 Å². The minimum Gasteiger partial charge on any atom is -0.394 e. The van der Waals surface area contributed by atoms with Crippen LogP contribution in [0.2, 0.25) is 0 Å². The van der Waals surface area contributed by atoms with Crippen LogP contribution in [0.15, 0.2) is 0 Å². The fourth-order valence-electron chi connectivity index (χ4n) is 1.74. The van der Waals surface area contributed by atoms with E-state index in [2.05, 4.69) is 0 Å². The van der Waals surface area contributed by atoms with Crippen LogP contribution in [-0.4, -0.2) is 61.4 Å². The third-order valence-electron chi connectivity index (χ3n) is 2.50. The molecule has 6 heteroatoms. The maximum absolute atomic E-state index is 9.03. The molecule has 0 bridgehead atoms. The van der Waals surface area contributed by atoms with E-state index in [0.717, 1.165) is 0 Å². The molecule has 2 saturated heterocycles. The predicted octanol–water partition coefficient (Wildman–Crippen LogP) is -1.55. The molecule has 4 atom stereocenters. The third-order valence-corrected chi connectivity index (χ3v) is 2.50. The van der Waals surface area contributed by atoms with Gasteiger partial charge >= 0.3 is 0 Å². The van der Waals surface area contributed by atoms with Gasteiger partial charge < -0.3 is 29.2 Å². The molecule has 2 heterocycles. The van der Waals surface area contributed by atoms with Gasteiger partial charge in [-0.05, 0) is 0 Å². The molecule has 6 nitrogen and oxygen atoms in total. The highest BCUT2D eigenvalue weighted by Crippen LogP contribution is 2.25. The first-order chi connectivity index (χ1) is 6.86. The highest BCUT2D eigenvalue weighted by Gasteiger charge is 2.43. The molecule has 2 aliphatic heterocycles. The number of fused-ring (bicyclic) bond motifs is 1. The normalized spacial score (nSPS) is 43.3. The Morgan fingerprint density at radius 2 is 1.21 bits per heavy atom. The van der Waals surface area contributed by atoms with Crippen LogP contribution >= 0.6 is 0 Å². The zero-order chi connectivity index (χ0) is 9.97. The van der Waals surface area contributed by atoms with Gasteiger partial charge in [0.05, 0.1) is 13.2 Å². The van der Waals surface area contributed by atoms with Gasteiger partial charge in [0.25, 0.3) is 0 Å². The first-order valence-corrected chi connectivity index (χ1v) is 4.55. The lowest BCUT2D eigenvalue weighted by Gasteiger charge is -2.43. The van der Waals surface area contributed by atoms with Gasteiger partial charge in [0.15, 0.2) is 0 Å². The molecule has 0 aliphatic carbocycles. The maximum atomic E-state index is 9.03. The van der Waals surface area contributed by atoms with E-state index in [9.17, 15) is 0 Å². The maximum Gasteiger partial charge on any atom is 0.147 e. The second-order valence-corrected chi connectivity index (χ2v) is 3.27. The fraction of sp³-hybridized carbons (Fsp3) is 1.00. The van der Waals surface area contributed by atoms with Gasteiger partial charge in [0.1, 0.15) is 38.0 Å². The van der Waals surface area contributed by atoms with Crippen molar-refractivity contribution in [3.8, 4) is 0 Å². The van der Waals surface area contributed by atoms with Crippen molar-refractivity contribution in [1.29, 1.82) is 0 Å². The van der Waals surface area contributed by atoms with Crippen molar-refractivity contribution in [3.63, 3.8) is 0 Å². The van der Waals surface area contributed by atoms with Crippen molar-refractivity contribution in [2.45, 2.75) is 24.4 Å². The third kappa shape index (κ3) is 1.77. The number of rotatable bonds is 2. The summed E-state index contributed by atoms with van der Waals surface area (Å²) in [5.41, 5.74) is 0. The van der Waals surface area contributed by atoms with E-state index in [1.807, 2.05) is 0 Å². The van der Waals surface area contributed by atoms with Crippen LogP contribution in [0.25, 0.3) is 0 Å². The van der Waals surface area contributed by atoms with Gasteiger partial charge in [-0.1, -0.05) is 0 Å². The molecule has 0 aromatic heterocycles. The van der Waals surface area contributed by atoms with Gasteiger partial charge in [-0.2, -0.15) is 0 Å². The molecule has 2 fully saturated rings. The zero-order valence-corrected chi connectivity index (χ0v) is 7.67. The summed E-state index contributed by atoms with van der Waals surface area (Å²) in [6.07, 6.45) is -1.52. The smallest absolute Gasteiger partial charge is 0.147 e. The molecular weight excluding hydrogens is 192 g/mol. The van der Waals surface area contributed by atoms with Gasteiger partial charge in [-0.15, -0.1) is 0 Å². The van der Waals surface area contributed by atoms with Crippen LogP contribution in [0.5, 0.6) is 0 Å². The van der Waals surface area contributed by atoms with E-state index in [0.29, 0.717) is 0 Å². The van der Waals surface area contributed by atoms with Crippen LogP contribution in [-0.2, 0) is 18.9 Å². The van der Waals surface area contributed by atoms with Gasteiger partial charge in [-0.25, -0.2) is 0 Å². The lowest BCUT2D eigenvalue weighted by Crippen LogP contribution is -2.58. The number of hydrogen-bond donors (Lipinski definition) is 2. The molecule has 2 N–H and O–H groups in total. The molecule has 0 amide bonds. The van der Waals surface area contributed by atoms with E-state index in [1.165, 1.54) is 0 Å². The second kappa shape index (κ2) is 4.52. The quantitative estimate of drug-likeness (QED) is 0.570. The van der Waals surface area contributed by atoms with Crippen molar-refractivity contribution in [2.24, 2.45) is 0 Å². The Bertz CT molecular complexity index is 167. The summed E-state index contributed by atoms with van der Waals surface area (Å²) >= 11 is 0. The van der Waals surface area contributed by atoms with Crippen molar-refractivity contribution >= 4 is 0 Å². The number of aliphatic hydroxyl groups is 2. The summed E-state index contributed by atoms with van der Waals surface area (Å²) in [5.74, 6) is 0. The van der Waals surface area contributed by atoms with E-state index in [4.69, 9.17) is 29.2 Å². The molecule has 2 aliphatic rings.